The van der Waals surface area contributed by atoms with Crippen LogP contribution in [0.5, 0.6) is 5.75 Å². The summed E-state index contributed by atoms with van der Waals surface area (Å²) in [6, 6.07) is 8.15. The van der Waals surface area contributed by atoms with E-state index in [0.717, 1.165) is 37.8 Å². The minimum absolute atomic E-state index is 0.805. The highest BCUT2D eigenvalue weighted by Crippen LogP contribution is 2.16. The molecule has 1 aromatic rings. The highest BCUT2D eigenvalue weighted by Gasteiger charge is 2.15. The Labute approximate surface area is 90.8 Å². The Kier molecular flexibility index (Phi) is 3.59. The van der Waals surface area contributed by atoms with Crippen LogP contribution in [0, 0.1) is 5.92 Å². The van der Waals surface area contributed by atoms with Crippen LogP contribution in [0.3, 0.4) is 0 Å². The van der Waals surface area contributed by atoms with E-state index < -0.39 is 0 Å². The average molecular weight is 206 g/mol. The molecule has 1 fully saturated rings. The van der Waals surface area contributed by atoms with Gasteiger partial charge in [0, 0.05) is 31.7 Å². The average Bonchev–Trinajstić information content (AvgIpc) is 2.22. The topological polar surface area (TPSA) is 33.3 Å². The van der Waals surface area contributed by atoms with Gasteiger partial charge in [0.2, 0.25) is 0 Å². The Morgan fingerprint density at radius 2 is 2.20 bits per heavy atom. The molecule has 1 aliphatic rings. The Hall–Kier alpha value is -1.06. The maximum Gasteiger partial charge on any atom is 0.123 e. The highest BCUT2D eigenvalue weighted by molar-refractivity contribution is 5.32. The van der Waals surface area contributed by atoms with Gasteiger partial charge >= 0.3 is 0 Å². The summed E-state index contributed by atoms with van der Waals surface area (Å²) in [6.07, 6.45) is 0. The second kappa shape index (κ2) is 5.14. The second-order valence-corrected chi connectivity index (χ2v) is 3.97. The fourth-order valence-electron chi connectivity index (χ4n) is 1.75. The summed E-state index contributed by atoms with van der Waals surface area (Å²) in [5, 5.41) is 6.73. The van der Waals surface area contributed by atoms with E-state index in [2.05, 4.69) is 16.7 Å². The molecule has 0 unspecified atom stereocenters. The number of methoxy groups -OCH3 is 1. The Morgan fingerprint density at radius 3 is 2.87 bits per heavy atom. The normalized spacial score (nSPS) is 16.1. The molecule has 0 radical (unpaired) electrons. The first kappa shape index (κ1) is 10.5. The van der Waals surface area contributed by atoms with Gasteiger partial charge in [0.1, 0.15) is 5.75 Å². The van der Waals surface area contributed by atoms with Crippen LogP contribution in [0.25, 0.3) is 0 Å². The van der Waals surface area contributed by atoms with Gasteiger partial charge in [0.25, 0.3) is 0 Å². The van der Waals surface area contributed by atoms with Crippen molar-refractivity contribution in [3.63, 3.8) is 0 Å². The van der Waals surface area contributed by atoms with Crippen LogP contribution in [-0.4, -0.2) is 26.7 Å². The van der Waals surface area contributed by atoms with Crippen molar-refractivity contribution in [1.82, 2.24) is 10.6 Å². The van der Waals surface area contributed by atoms with E-state index in [0.29, 0.717) is 0 Å². The summed E-state index contributed by atoms with van der Waals surface area (Å²) in [4.78, 5) is 0. The molecule has 1 aliphatic heterocycles. The molecule has 0 spiro atoms. The molecule has 0 atom stereocenters. The molecule has 2 rings (SSSR count). The van der Waals surface area contributed by atoms with E-state index in [9.17, 15) is 0 Å². The maximum absolute atomic E-state index is 5.29. The molecule has 2 N–H and O–H groups in total. The number of para-hydroxylation sites is 1. The molecule has 3 nitrogen and oxygen atoms in total. The van der Waals surface area contributed by atoms with Crippen LogP contribution < -0.4 is 15.4 Å². The van der Waals surface area contributed by atoms with Gasteiger partial charge < -0.3 is 15.4 Å². The molecule has 0 aliphatic carbocycles. The van der Waals surface area contributed by atoms with Crippen molar-refractivity contribution < 1.29 is 4.74 Å². The van der Waals surface area contributed by atoms with Gasteiger partial charge in [0.05, 0.1) is 7.11 Å². The number of hydrogen-bond donors (Lipinski definition) is 2. The lowest BCUT2D eigenvalue weighted by molar-refractivity contribution is 0.330. The molecule has 1 heterocycles. The quantitative estimate of drug-likeness (QED) is 0.754. The van der Waals surface area contributed by atoms with Crippen LogP contribution >= 0.6 is 0 Å². The largest absolute Gasteiger partial charge is 0.496 e. The minimum Gasteiger partial charge on any atom is -0.496 e. The van der Waals surface area contributed by atoms with Gasteiger partial charge in [-0.2, -0.15) is 0 Å². The summed E-state index contributed by atoms with van der Waals surface area (Å²) in [5.74, 6) is 1.77. The zero-order valence-electron chi connectivity index (χ0n) is 9.12. The van der Waals surface area contributed by atoms with Crippen molar-refractivity contribution in [2.75, 3.05) is 26.7 Å². The molecule has 15 heavy (non-hydrogen) atoms. The second-order valence-electron chi connectivity index (χ2n) is 3.97. The third-order valence-corrected chi connectivity index (χ3v) is 2.81. The van der Waals surface area contributed by atoms with Gasteiger partial charge in [-0.15, -0.1) is 0 Å². The minimum atomic E-state index is 0.805. The fraction of sp³-hybridized carbons (Fsp3) is 0.500. The van der Waals surface area contributed by atoms with E-state index in [1.807, 2.05) is 18.2 Å². The fourth-order valence-corrected chi connectivity index (χ4v) is 1.75. The van der Waals surface area contributed by atoms with Crippen molar-refractivity contribution in [2.24, 2.45) is 5.92 Å². The van der Waals surface area contributed by atoms with Gasteiger partial charge in [-0.05, 0) is 12.0 Å². The monoisotopic (exact) mass is 206 g/mol. The molecule has 3 heteroatoms. The Bertz CT molecular complexity index is 310. The number of benzene rings is 1. The lowest BCUT2D eigenvalue weighted by Crippen LogP contribution is -2.47. The first-order valence-corrected chi connectivity index (χ1v) is 5.43. The summed E-state index contributed by atoms with van der Waals surface area (Å²) < 4.78 is 5.29. The van der Waals surface area contributed by atoms with E-state index in [1.54, 1.807) is 7.11 Å². The maximum atomic E-state index is 5.29. The lowest BCUT2D eigenvalue weighted by Gasteiger charge is -2.27. The van der Waals surface area contributed by atoms with Crippen LogP contribution in [0.4, 0.5) is 0 Å². The van der Waals surface area contributed by atoms with Crippen molar-refractivity contribution in [1.29, 1.82) is 0 Å². The third-order valence-electron chi connectivity index (χ3n) is 2.81. The Morgan fingerprint density at radius 1 is 1.40 bits per heavy atom. The predicted molar refractivity (Wildman–Crippen MR) is 61.1 cm³/mol. The Balaban J connectivity index is 1.81. The molecule has 0 aromatic heterocycles. The molecule has 0 bridgehead atoms. The van der Waals surface area contributed by atoms with Gasteiger partial charge in [-0.3, -0.25) is 0 Å². The van der Waals surface area contributed by atoms with E-state index in [4.69, 9.17) is 4.74 Å². The molecule has 1 saturated heterocycles. The smallest absolute Gasteiger partial charge is 0.123 e. The molecule has 0 saturated carbocycles. The highest BCUT2D eigenvalue weighted by atomic mass is 16.5. The first-order valence-electron chi connectivity index (χ1n) is 5.43. The van der Waals surface area contributed by atoms with E-state index >= 15 is 0 Å². The van der Waals surface area contributed by atoms with Gasteiger partial charge in [0.15, 0.2) is 0 Å². The molecule has 0 amide bonds. The van der Waals surface area contributed by atoms with Crippen LogP contribution in [0.1, 0.15) is 5.56 Å². The molecule has 82 valence electrons. The molecule has 1 aromatic carbocycles. The third kappa shape index (κ3) is 2.70. The van der Waals surface area contributed by atoms with Gasteiger partial charge in [-0.1, -0.05) is 18.2 Å². The standard InChI is InChI=1S/C12H18N2O/c1-15-12-5-3-2-4-11(12)9-14-8-10-6-13-7-10/h2-5,10,13-14H,6-9H2,1H3. The summed E-state index contributed by atoms with van der Waals surface area (Å²) in [7, 11) is 1.72. The lowest BCUT2D eigenvalue weighted by atomic mass is 10.0. The van der Waals surface area contributed by atoms with Crippen molar-refractivity contribution >= 4 is 0 Å². The van der Waals surface area contributed by atoms with E-state index in [1.165, 1.54) is 5.56 Å². The number of hydrogen-bond acceptors (Lipinski definition) is 3. The predicted octanol–water partition coefficient (Wildman–Crippen LogP) is 1.00. The van der Waals surface area contributed by atoms with Crippen molar-refractivity contribution in [3.05, 3.63) is 29.8 Å². The molecular formula is C12H18N2O. The van der Waals surface area contributed by atoms with Crippen LogP contribution in [0.15, 0.2) is 24.3 Å². The first-order chi connectivity index (χ1) is 7.40. The summed E-state index contributed by atoms with van der Waals surface area (Å²) in [6.45, 7) is 4.28. The number of rotatable bonds is 5. The van der Waals surface area contributed by atoms with Crippen molar-refractivity contribution in [3.8, 4) is 5.75 Å². The summed E-state index contributed by atoms with van der Waals surface area (Å²) >= 11 is 0. The number of nitrogens with one attached hydrogen (secondary N) is 2. The van der Waals surface area contributed by atoms with E-state index in [-0.39, 0.29) is 0 Å². The van der Waals surface area contributed by atoms with Crippen molar-refractivity contribution in [2.45, 2.75) is 6.54 Å². The zero-order valence-corrected chi connectivity index (χ0v) is 9.12. The zero-order chi connectivity index (χ0) is 10.5. The van der Waals surface area contributed by atoms with Crippen LogP contribution in [-0.2, 0) is 6.54 Å². The van der Waals surface area contributed by atoms with Crippen LogP contribution in [0.2, 0.25) is 0 Å². The summed E-state index contributed by atoms with van der Waals surface area (Å²) in [5.41, 5.74) is 1.23. The molecular weight excluding hydrogens is 188 g/mol. The number of ether oxygens (including phenoxy) is 1. The SMILES string of the molecule is COc1ccccc1CNCC1CNC1. The van der Waals surface area contributed by atoms with Gasteiger partial charge in [-0.25, -0.2) is 0 Å².